The fourth-order valence-corrected chi connectivity index (χ4v) is 3.02. The van der Waals surface area contributed by atoms with Crippen LogP contribution in [0.25, 0.3) is 28.4 Å². The number of H-pyrrole nitrogens is 1. The fourth-order valence-electron chi connectivity index (χ4n) is 2.69. The zero-order chi connectivity index (χ0) is 18.4. The van der Waals surface area contributed by atoms with Crippen molar-refractivity contribution in [2.24, 2.45) is 7.05 Å². The molecule has 130 valence electrons. The lowest BCUT2D eigenvalue weighted by atomic mass is 10.3. The van der Waals surface area contributed by atoms with Gasteiger partial charge in [0.15, 0.2) is 17.0 Å². The summed E-state index contributed by atoms with van der Waals surface area (Å²) in [4.78, 5) is 36.0. The zero-order valence-corrected chi connectivity index (χ0v) is 14.9. The Bertz CT molecular complexity index is 1260. The van der Waals surface area contributed by atoms with Crippen molar-refractivity contribution in [2.75, 3.05) is 0 Å². The third-order valence-corrected chi connectivity index (χ3v) is 4.53. The van der Waals surface area contributed by atoms with Gasteiger partial charge in [0.05, 0.1) is 5.02 Å². The van der Waals surface area contributed by atoms with Crippen molar-refractivity contribution in [3.63, 3.8) is 0 Å². The number of benzene rings is 1. The van der Waals surface area contributed by atoms with Crippen LogP contribution in [0, 0.1) is 0 Å². The monoisotopic (exact) mass is 387 g/mol. The van der Waals surface area contributed by atoms with Gasteiger partial charge in [0.1, 0.15) is 5.69 Å². The van der Waals surface area contributed by atoms with Gasteiger partial charge < -0.3 is 0 Å². The Kier molecular flexibility index (Phi) is 3.90. The summed E-state index contributed by atoms with van der Waals surface area (Å²) in [7, 11) is 1.40. The van der Waals surface area contributed by atoms with Crippen molar-refractivity contribution in [3.05, 3.63) is 73.5 Å². The molecule has 0 radical (unpaired) electrons. The van der Waals surface area contributed by atoms with Gasteiger partial charge in [-0.3, -0.25) is 23.9 Å². The molecule has 3 heterocycles. The third-order valence-electron chi connectivity index (χ3n) is 3.97. The molecule has 0 amide bonds. The normalized spacial score (nSPS) is 11.2. The van der Waals surface area contributed by atoms with E-state index in [0.717, 1.165) is 4.57 Å². The molecule has 0 bridgehead atoms. The number of fused-ring (bicyclic) bond motifs is 1. The molecule has 0 atom stereocenters. The van der Waals surface area contributed by atoms with Crippen LogP contribution in [0.3, 0.4) is 0 Å². The van der Waals surface area contributed by atoms with Crippen LogP contribution in [0.1, 0.15) is 0 Å². The number of hydrogen-bond donors (Lipinski definition) is 1. The second-order valence-corrected chi connectivity index (χ2v) is 6.42. The Hall–Kier alpha value is -2.90. The van der Waals surface area contributed by atoms with E-state index in [9.17, 15) is 9.59 Å². The van der Waals surface area contributed by atoms with Crippen LogP contribution in [0.15, 0.2) is 52.2 Å². The minimum atomic E-state index is -0.554. The molecule has 0 saturated heterocycles. The van der Waals surface area contributed by atoms with Crippen LogP contribution in [-0.2, 0) is 7.05 Å². The number of imidazole rings is 1. The number of hydrogen-bond acceptors (Lipinski definition) is 4. The highest BCUT2D eigenvalue weighted by atomic mass is 35.5. The lowest BCUT2D eigenvalue weighted by Crippen LogP contribution is -2.33. The summed E-state index contributed by atoms with van der Waals surface area (Å²) in [5, 5.41) is 0.925. The van der Waals surface area contributed by atoms with Gasteiger partial charge in [0.25, 0.3) is 5.56 Å². The fraction of sp³-hybridized carbons (Fsp3) is 0.0588. The first-order valence-electron chi connectivity index (χ1n) is 7.56. The van der Waals surface area contributed by atoms with E-state index in [1.54, 1.807) is 47.2 Å². The molecule has 0 aliphatic rings. The lowest BCUT2D eigenvalue weighted by Gasteiger charge is -2.09. The van der Waals surface area contributed by atoms with E-state index in [2.05, 4.69) is 15.0 Å². The summed E-state index contributed by atoms with van der Waals surface area (Å²) < 4.78 is 2.60. The van der Waals surface area contributed by atoms with Gasteiger partial charge in [-0.25, -0.2) is 9.78 Å². The molecule has 0 aliphatic carbocycles. The van der Waals surface area contributed by atoms with Gasteiger partial charge in [-0.2, -0.15) is 0 Å². The molecule has 9 heteroatoms. The molecule has 26 heavy (non-hydrogen) atoms. The topological polar surface area (TPSA) is 85.6 Å². The number of rotatable bonds is 2. The number of aromatic nitrogens is 5. The first kappa shape index (κ1) is 16.6. The summed E-state index contributed by atoms with van der Waals surface area (Å²) in [5.74, 6) is 0.340. The van der Waals surface area contributed by atoms with Gasteiger partial charge in [0, 0.05) is 24.0 Å². The van der Waals surface area contributed by atoms with Crippen molar-refractivity contribution < 1.29 is 0 Å². The molecule has 1 aromatic carbocycles. The van der Waals surface area contributed by atoms with Crippen molar-refractivity contribution in [1.29, 1.82) is 0 Å². The van der Waals surface area contributed by atoms with Crippen molar-refractivity contribution in [2.45, 2.75) is 0 Å². The Balaban J connectivity index is 2.18. The van der Waals surface area contributed by atoms with E-state index in [-0.39, 0.29) is 11.2 Å². The zero-order valence-electron chi connectivity index (χ0n) is 13.4. The van der Waals surface area contributed by atoms with Gasteiger partial charge >= 0.3 is 5.69 Å². The highest BCUT2D eigenvalue weighted by Crippen LogP contribution is 2.29. The molecule has 0 fully saturated rings. The predicted molar refractivity (Wildman–Crippen MR) is 100 cm³/mol. The summed E-state index contributed by atoms with van der Waals surface area (Å²) in [6.45, 7) is 0. The Morgan fingerprint density at radius 2 is 1.81 bits per heavy atom. The first-order valence-corrected chi connectivity index (χ1v) is 8.31. The third kappa shape index (κ3) is 2.53. The van der Waals surface area contributed by atoms with E-state index in [1.807, 2.05) is 0 Å². The van der Waals surface area contributed by atoms with Gasteiger partial charge in [-0.15, -0.1) is 0 Å². The Morgan fingerprint density at radius 3 is 2.50 bits per heavy atom. The first-order chi connectivity index (χ1) is 12.5. The Labute approximate surface area is 156 Å². The second kappa shape index (κ2) is 6.12. The molecule has 4 aromatic rings. The summed E-state index contributed by atoms with van der Waals surface area (Å²) in [6.07, 6.45) is 1.58. The standard InChI is InChI=1S/C17H11Cl2N5O2/c1-23-16(25)13-14(22-17(23)26)21-15(12-11(19)3-2-8-20-12)24(13)10-6-4-9(18)5-7-10/h2-8H,1H3,(H,22,26). The smallest absolute Gasteiger partial charge is 0.290 e. The molecular weight excluding hydrogens is 377 g/mol. The highest BCUT2D eigenvalue weighted by molar-refractivity contribution is 6.33. The minimum Gasteiger partial charge on any atom is -0.290 e. The predicted octanol–water partition coefficient (Wildman–Crippen LogP) is 2.78. The summed E-state index contributed by atoms with van der Waals surface area (Å²) >= 11 is 12.3. The van der Waals surface area contributed by atoms with Crippen molar-refractivity contribution in [3.8, 4) is 17.2 Å². The van der Waals surface area contributed by atoms with Crippen LogP contribution < -0.4 is 11.2 Å². The van der Waals surface area contributed by atoms with Gasteiger partial charge in [-0.05, 0) is 36.4 Å². The quantitative estimate of drug-likeness (QED) is 0.572. The maximum atomic E-state index is 12.7. The van der Waals surface area contributed by atoms with E-state index in [4.69, 9.17) is 23.2 Å². The van der Waals surface area contributed by atoms with Crippen LogP contribution in [0.4, 0.5) is 0 Å². The molecule has 0 aliphatic heterocycles. The van der Waals surface area contributed by atoms with Crippen molar-refractivity contribution >= 4 is 34.4 Å². The van der Waals surface area contributed by atoms with Crippen LogP contribution >= 0.6 is 23.2 Å². The minimum absolute atomic E-state index is 0.157. The van der Waals surface area contributed by atoms with Gasteiger partial charge in [0.2, 0.25) is 0 Å². The highest BCUT2D eigenvalue weighted by Gasteiger charge is 2.21. The lowest BCUT2D eigenvalue weighted by molar-refractivity contribution is 0.788. The van der Waals surface area contributed by atoms with Gasteiger partial charge in [-0.1, -0.05) is 23.2 Å². The van der Waals surface area contributed by atoms with Crippen molar-refractivity contribution in [1.82, 2.24) is 24.1 Å². The maximum Gasteiger partial charge on any atom is 0.329 e. The molecular formula is C17H11Cl2N5O2. The second-order valence-electron chi connectivity index (χ2n) is 5.57. The van der Waals surface area contributed by atoms with Crippen LogP contribution in [-0.4, -0.2) is 24.1 Å². The number of pyridine rings is 1. The van der Waals surface area contributed by atoms with Crippen LogP contribution in [0.2, 0.25) is 10.0 Å². The average molecular weight is 388 g/mol. The summed E-state index contributed by atoms with van der Waals surface area (Å²) in [6, 6.07) is 10.3. The maximum absolute atomic E-state index is 12.7. The summed E-state index contributed by atoms with van der Waals surface area (Å²) in [5.41, 5.74) is 0.364. The number of nitrogens with zero attached hydrogens (tertiary/aromatic N) is 4. The molecule has 0 unspecified atom stereocenters. The molecule has 3 aromatic heterocycles. The van der Waals surface area contributed by atoms with E-state index in [1.165, 1.54) is 7.05 Å². The number of aromatic amines is 1. The van der Waals surface area contributed by atoms with E-state index >= 15 is 0 Å². The Morgan fingerprint density at radius 1 is 1.08 bits per heavy atom. The molecule has 4 rings (SSSR count). The van der Waals surface area contributed by atoms with E-state index < -0.39 is 11.2 Å². The largest absolute Gasteiger partial charge is 0.329 e. The van der Waals surface area contributed by atoms with Crippen LogP contribution in [0.5, 0.6) is 0 Å². The molecule has 0 saturated carbocycles. The van der Waals surface area contributed by atoms with E-state index in [0.29, 0.717) is 27.3 Å². The molecule has 1 N–H and O–H groups in total. The average Bonchev–Trinajstić information content (AvgIpc) is 3.00. The SMILES string of the molecule is Cn1c(=O)[nH]c2nc(-c3ncccc3Cl)n(-c3ccc(Cl)cc3)c2c1=O. The molecule has 7 nitrogen and oxygen atoms in total. The number of halogens is 2. The molecule has 0 spiro atoms. The number of nitrogens with one attached hydrogen (secondary N) is 1.